The van der Waals surface area contributed by atoms with Gasteiger partial charge in [-0.1, -0.05) is 0 Å². The molecule has 0 spiro atoms. The standard InChI is InChI=1S/C13H25N3O/c1-11(2)14(3)13(17)10-15-6-8-16(9-7-15)12-4-5-12/h11-12H,4-10H2,1-3H3. The fourth-order valence-electron chi connectivity index (χ4n) is 2.32. The van der Waals surface area contributed by atoms with E-state index >= 15 is 0 Å². The molecule has 0 aromatic heterocycles. The number of rotatable bonds is 4. The number of carbonyl (C=O) groups excluding carboxylic acids is 1. The molecule has 2 rings (SSSR count). The van der Waals surface area contributed by atoms with Crippen LogP contribution < -0.4 is 0 Å². The molecule has 0 atom stereocenters. The van der Waals surface area contributed by atoms with Crippen molar-refractivity contribution >= 4 is 5.91 Å². The number of likely N-dealkylation sites (N-methyl/N-ethyl adjacent to an activating group) is 1. The van der Waals surface area contributed by atoms with Crippen molar-refractivity contribution in [2.75, 3.05) is 39.8 Å². The molecule has 2 fully saturated rings. The van der Waals surface area contributed by atoms with Gasteiger partial charge in [-0.2, -0.15) is 0 Å². The molecule has 98 valence electrons. The molecule has 1 aliphatic heterocycles. The van der Waals surface area contributed by atoms with Crippen LogP contribution in [0.3, 0.4) is 0 Å². The first-order valence-corrected chi connectivity index (χ1v) is 6.80. The Morgan fingerprint density at radius 2 is 1.82 bits per heavy atom. The maximum absolute atomic E-state index is 12.0. The van der Waals surface area contributed by atoms with Crippen molar-refractivity contribution in [2.45, 2.75) is 38.8 Å². The van der Waals surface area contributed by atoms with Gasteiger partial charge in [0.1, 0.15) is 0 Å². The summed E-state index contributed by atoms with van der Waals surface area (Å²) in [4.78, 5) is 18.7. The summed E-state index contributed by atoms with van der Waals surface area (Å²) in [6, 6.07) is 1.17. The van der Waals surface area contributed by atoms with Crippen molar-refractivity contribution in [3.05, 3.63) is 0 Å². The first kappa shape index (κ1) is 12.8. The van der Waals surface area contributed by atoms with Gasteiger partial charge in [0.15, 0.2) is 0 Å². The fraction of sp³-hybridized carbons (Fsp3) is 0.923. The van der Waals surface area contributed by atoms with Gasteiger partial charge in [0.2, 0.25) is 5.91 Å². The zero-order valence-corrected chi connectivity index (χ0v) is 11.4. The summed E-state index contributed by atoms with van der Waals surface area (Å²) in [7, 11) is 1.90. The first-order valence-electron chi connectivity index (χ1n) is 6.80. The molecule has 1 amide bonds. The van der Waals surface area contributed by atoms with Gasteiger partial charge in [0.05, 0.1) is 6.54 Å². The Morgan fingerprint density at radius 3 is 2.29 bits per heavy atom. The number of hydrogen-bond donors (Lipinski definition) is 0. The molecular weight excluding hydrogens is 214 g/mol. The molecule has 1 aliphatic carbocycles. The summed E-state index contributed by atoms with van der Waals surface area (Å²) >= 11 is 0. The Kier molecular flexibility index (Phi) is 4.05. The Balaban J connectivity index is 1.71. The van der Waals surface area contributed by atoms with E-state index in [0.29, 0.717) is 12.6 Å². The van der Waals surface area contributed by atoms with Crippen LogP contribution in [0.4, 0.5) is 0 Å². The molecule has 1 saturated carbocycles. The summed E-state index contributed by atoms with van der Waals surface area (Å²) in [5, 5.41) is 0. The SMILES string of the molecule is CC(C)N(C)C(=O)CN1CCN(C2CC2)CC1. The van der Waals surface area contributed by atoms with Crippen LogP contribution in [0.2, 0.25) is 0 Å². The lowest BCUT2D eigenvalue weighted by Crippen LogP contribution is -2.50. The molecule has 0 aromatic rings. The van der Waals surface area contributed by atoms with E-state index in [1.807, 2.05) is 11.9 Å². The normalized spacial score (nSPS) is 23.1. The highest BCUT2D eigenvalue weighted by atomic mass is 16.2. The average Bonchev–Trinajstić information content (AvgIpc) is 3.12. The van der Waals surface area contributed by atoms with Crippen LogP contribution in [0.25, 0.3) is 0 Å². The van der Waals surface area contributed by atoms with E-state index in [0.717, 1.165) is 32.2 Å². The topological polar surface area (TPSA) is 26.8 Å². The quantitative estimate of drug-likeness (QED) is 0.720. The third-order valence-corrected chi connectivity index (χ3v) is 4.00. The van der Waals surface area contributed by atoms with Crippen LogP contribution in [0.15, 0.2) is 0 Å². The molecule has 1 saturated heterocycles. The van der Waals surface area contributed by atoms with E-state index in [2.05, 4.69) is 23.6 Å². The van der Waals surface area contributed by atoms with E-state index in [9.17, 15) is 4.79 Å². The Bertz CT molecular complexity index is 268. The maximum Gasteiger partial charge on any atom is 0.236 e. The van der Waals surface area contributed by atoms with Crippen molar-refractivity contribution < 1.29 is 4.79 Å². The molecule has 17 heavy (non-hydrogen) atoms. The first-order chi connectivity index (χ1) is 8.08. The lowest BCUT2D eigenvalue weighted by atomic mass is 10.3. The summed E-state index contributed by atoms with van der Waals surface area (Å²) in [5.41, 5.74) is 0. The molecular formula is C13H25N3O. The Hall–Kier alpha value is -0.610. The van der Waals surface area contributed by atoms with Gasteiger partial charge < -0.3 is 4.90 Å². The van der Waals surface area contributed by atoms with E-state index < -0.39 is 0 Å². The minimum Gasteiger partial charge on any atom is -0.342 e. The van der Waals surface area contributed by atoms with E-state index in [-0.39, 0.29) is 5.91 Å². The molecule has 0 bridgehead atoms. The summed E-state index contributed by atoms with van der Waals surface area (Å²) < 4.78 is 0. The zero-order valence-electron chi connectivity index (χ0n) is 11.4. The van der Waals surface area contributed by atoms with Gasteiger partial charge in [-0.05, 0) is 26.7 Å². The minimum atomic E-state index is 0.250. The molecule has 1 heterocycles. The van der Waals surface area contributed by atoms with Gasteiger partial charge in [-0.15, -0.1) is 0 Å². The van der Waals surface area contributed by atoms with Crippen LogP contribution in [0.1, 0.15) is 26.7 Å². The number of amides is 1. The molecule has 0 N–H and O–H groups in total. The molecule has 0 aromatic carbocycles. The van der Waals surface area contributed by atoms with Crippen LogP contribution in [-0.2, 0) is 4.79 Å². The van der Waals surface area contributed by atoms with Gasteiger partial charge in [0.25, 0.3) is 0 Å². The van der Waals surface area contributed by atoms with Crippen LogP contribution >= 0.6 is 0 Å². The van der Waals surface area contributed by atoms with Crippen molar-refractivity contribution in [2.24, 2.45) is 0 Å². The molecule has 2 aliphatic rings. The highest BCUT2D eigenvalue weighted by molar-refractivity contribution is 5.78. The van der Waals surface area contributed by atoms with Crippen molar-refractivity contribution in [1.82, 2.24) is 14.7 Å². The van der Waals surface area contributed by atoms with Crippen LogP contribution in [0.5, 0.6) is 0 Å². The van der Waals surface area contributed by atoms with Crippen molar-refractivity contribution in [3.8, 4) is 0 Å². The summed E-state index contributed by atoms with van der Waals surface area (Å²) in [6.07, 6.45) is 2.77. The fourth-order valence-corrected chi connectivity index (χ4v) is 2.32. The van der Waals surface area contributed by atoms with E-state index in [4.69, 9.17) is 0 Å². The van der Waals surface area contributed by atoms with Crippen molar-refractivity contribution in [1.29, 1.82) is 0 Å². The predicted molar refractivity (Wildman–Crippen MR) is 68.9 cm³/mol. The molecule has 4 heteroatoms. The smallest absolute Gasteiger partial charge is 0.236 e. The second kappa shape index (κ2) is 5.36. The van der Waals surface area contributed by atoms with E-state index in [1.165, 1.54) is 12.8 Å². The third-order valence-electron chi connectivity index (χ3n) is 4.00. The largest absolute Gasteiger partial charge is 0.342 e. The van der Waals surface area contributed by atoms with Gasteiger partial charge in [0, 0.05) is 45.3 Å². The monoisotopic (exact) mass is 239 g/mol. The highest BCUT2D eigenvalue weighted by Crippen LogP contribution is 2.27. The zero-order chi connectivity index (χ0) is 12.4. The van der Waals surface area contributed by atoms with Gasteiger partial charge >= 0.3 is 0 Å². The second-order valence-corrected chi connectivity index (χ2v) is 5.64. The number of nitrogens with zero attached hydrogens (tertiary/aromatic N) is 3. The van der Waals surface area contributed by atoms with E-state index in [1.54, 1.807) is 0 Å². The Labute approximate surface area is 105 Å². The summed E-state index contributed by atoms with van der Waals surface area (Å²) in [6.45, 7) is 9.09. The second-order valence-electron chi connectivity index (χ2n) is 5.64. The van der Waals surface area contributed by atoms with Crippen LogP contribution in [-0.4, -0.2) is 72.5 Å². The van der Waals surface area contributed by atoms with Crippen LogP contribution in [0, 0.1) is 0 Å². The lowest BCUT2D eigenvalue weighted by molar-refractivity contribution is -0.133. The van der Waals surface area contributed by atoms with Gasteiger partial charge in [-0.3, -0.25) is 14.6 Å². The predicted octanol–water partition coefficient (Wildman–Crippen LogP) is 0.633. The Morgan fingerprint density at radius 1 is 1.24 bits per heavy atom. The average molecular weight is 239 g/mol. The summed E-state index contributed by atoms with van der Waals surface area (Å²) in [5.74, 6) is 0.250. The molecule has 0 unspecified atom stereocenters. The third kappa shape index (κ3) is 3.42. The lowest BCUT2D eigenvalue weighted by Gasteiger charge is -2.35. The number of piperazine rings is 1. The van der Waals surface area contributed by atoms with Crippen molar-refractivity contribution in [3.63, 3.8) is 0 Å². The minimum absolute atomic E-state index is 0.250. The number of hydrogen-bond acceptors (Lipinski definition) is 3. The maximum atomic E-state index is 12.0. The molecule has 0 radical (unpaired) electrons. The molecule has 4 nitrogen and oxygen atoms in total. The highest BCUT2D eigenvalue weighted by Gasteiger charge is 2.31. The number of carbonyl (C=O) groups is 1. The van der Waals surface area contributed by atoms with Gasteiger partial charge in [-0.25, -0.2) is 0 Å².